The minimum atomic E-state index is -0.335. The Morgan fingerprint density at radius 3 is 2.81 bits per heavy atom. The zero-order valence-electron chi connectivity index (χ0n) is 17.3. The van der Waals surface area contributed by atoms with Gasteiger partial charge in [-0.2, -0.15) is 16.3 Å². The van der Waals surface area contributed by atoms with Crippen LogP contribution in [0.5, 0.6) is 0 Å². The maximum absolute atomic E-state index is 13.0. The van der Waals surface area contributed by atoms with Gasteiger partial charge in [-0.25, -0.2) is 9.79 Å². The van der Waals surface area contributed by atoms with Crippen molar-refractivity contribution in [1.29, 1.82) is 0 Å². The zero-order chi connectivity index (χ0) is 21.8. The number of rotatable bonds is 10. The lowest BCUT2D eigenvalue weighted by atomic mass is 10.2. The first kappa shape index (κ1) is 21.7. The summed E-state index contributed by atoms with van der Waals surface area (Å²) < 4.78 is 8.21. The molecule has 0 amide bonds. The molecule has 10 heteroatoms. The van der Waals surface area contributed by atoms with Gasteiger partial charge >= 0.3 is 5.69 Å². The summed E-state index contributed by atoms with van der Waals surface area (Å²) in [7, 11) is 0. The summed E-state index contributed by atoms with van der Waals surface area (Å²) in [5.74, 6) is 1.56. The van der Waals surface area contributed by atoms with Crippen LogP contribution in [0.4, 0.5) is 5.82 Å². The highest BCUT2D eigenvalue weighted by Crippen LogP contribution is 2.24. The van der Waals surface area contributed by atoms with Crippen LogP contribution in [0.25, 0.3) is 0 Å². The molecule has 8 nitrogen and oxygen atoms in total. The first-order valence-electron chi connectivity index (χ1n) is 10.5. The molecular formula is C21H24ClN5O3S. The molecule has 0 radical (unpaired) electrons. The fourth-order valence-electron chi connectivity index (χ4n) is 3.67. The summed E-state index contributed by atoms with van der Waals surface area (Å²) in [5.41, 5.74) is 0.997. The van der Waals surface area contributed by atoms with E-state index < -0.39 is 0 Å². The van der Waals surface area contributed by atoms with E-state index in [1.807, 2.05) is 11.4 Å². The molecule has 0 spiro atoms. The number of thiophene rings is 1. The van der Waals surface area contributed by atoms with Crippen LogP contribution in [-0.4, -0.2) is 24.4 Å². The molecule has 1 aliphatic rings. The lowest BCUT2D eigenvalue weighted by Crippen LogP contribution is -2.41. The lowest BCUT2D eigenvalue weighted by Gasteiger charge is -2.13. The second-order valence-electron chi connectivity index (χ2n) is 7.58. The monoisotopic (exact) mass is 461 g/mol. The van der Waals surface area contributed by atoms with Gasteiger partial charge in [0.25, 0.3) is 5.56 Å². The second kappa shape index (κ2) is 9.74. The van der Waals surface area contributed by atoms with Crippen LogP contribution in [-0.2, 0) is 32.4 Å². The molecule has 4 rings (SSSR count). The predicted molar refractivity (Wildman–Crippen MR) is 121 cm³/mol. The third kappa shape index (κ3) is 4.88. The van der Waals surface area contributed by atoms with Gasteiger partial charge in [-0.3, -0.25) is 13.9 Å². The van der Waals surface area contributed by atoms with Crippen molar-refractivity contribution in [3.8, 4) is 0 Å². The summed E-state index contributed by atoms with van der Waals surface area (Å²) in [5, 5.41) is 8.43. The van der Waals surface area contributed by atoms with Crippen molar-refractivity contribution in [1.82, 2.24) is 19.3 Å². The molecule has 0 aromatic carbocycles. The molecule has 0 aliphatic carbocycles. The van der Waals surface area contributed by atoms with Crippen molar-refractivity contribution < 1.29 is 4.52 Å². The molecule has 0 fully saturated rings. The van der Waals surface area contributed by atoms with E-state index in [-0.39, 0.29) is 24.2 Å². The Balaban J connectivity index is 1.47. The van der Waals surface area contributed by atoms with Gasteiger partial charge in [0.2, 0.25) is 5.89 Å². The summed E-state index contributed by atoms with van der Waals surface area (Å²) in [6.07, 6.45) is 4.83. The number of hydrogen-bond donors (Lipinski definition) is 0. The van der Waals surface area contributed by atoms with E-state index in [1.165, 1.54) is 4.57 Å². The van der Waals surface area contributed by atoms with E-state index in [9.17, 15) is 9.59 Å². The third-order valence-electron chi connectivity index (χ3n) is 5.25. The fourth-order valence-corrected chi connectivity index (χ4v) is 4.56. The Morgan fingerprint density at radius 2 is 2.03 bits per heavy atom. The molecule has 0 N–H and O–H groups in total. The van der Waals surface area contributed by atoms with E-state index in [2.05, 4.69) is 27.4 Å². The van der Waals surface area contributed by atoms with Crippen LogP contribution in [0.15, 0.2) is 35.9 Å². The van der Waals surface area contributed by atoms with Crippen molar-refractivity contribution >= 4 is 33.9 Å². The Bertz CT molecular complexity index is 1190. The Kier molecular flexibility index (Phi) is 6.82. The highest BCUT2D eigenvalue weighted by Gasteiger charge is 2.24. The molecule has 0 saturated carbocycles. The highest BCUT2D eigenvalue weighted by molar-refractivity contribution is 7.07. The van der Waals surface area contributed by atoms with Crippen molar-refractivity contribution in [2.75, 3.05) is 0 Å². The van der Waals surface area contributed by atoms with Crippen molar-refractivity contribution in [2.24, 2.45) is 4.99 Å². The first-order chi connectivity index (χ1) is 15.1. The molecule has 0 unspecified atom stereocenters. The normalized spacial score (nSPS) is 12.9. The molecule has 1 aliphatic heterocycles. The summed E-state index contributed by atoms with van der Waals surface area (Å²) in [6.45, 7) is 2.91. The van der Waals surface area contributed by atoms with Gasteiger partial charge in [-0.15, -0.1) is 0 Å². The number of aromatic nitrogens is 4. The van der Waals surface area contributed by atoms with Gasteiger partial charge in [0.05, 0.1) is 5.56 Å². The van der Waals surface area contributed by atoms with Crippen LogP contribution >= 0.6 is 22.9 Å². The molecular weight excluding hydrogens is 438 g/mol. The van der Waals surface area contributed by atoms with Crippen LogP contribution in [0.1, 0.15) is 55.4 Å². The standard InChI is InChI=1S/C21H24ClN5O3S/c1-2-3-4-8-26-19-15(12-16(22)23-19)20(28)27(21(26)29)9-5-6-18-24-17(25-30-18)11-14-7-10-31-13-14/h7,10,13H,2-6,8-9,11-12H2,1H3. The largest absolute Gasteiger partial charge is 0.339 e. The first-order valence-corrected chi connectivity index (χ1v) is 11.8. The Morgan fingerprint density at radius 1 is 1.19 bits per heavy atom. The molecule has 3 aromatic heterocycles. The SMILES string of the molecule is CCCCCn1c2c(c(=O)n(CCCc3nc(Cc4ccsc4)no3)c1=O)CC(Cl)=N2. The van der Waals surface area contributed by atoms with Gasteiger partial charge in [-0.1, -0.05) is 36.5 Å². The van der Waals surface area contributed by atoms with Gasteiger partial charge in [0.1, 0.15) is 11.0 Å². The predicted octanol–water partition coefficient (Wildman–Crippen LogP) is 3.69. The molecule has 0 bridgehead atoms. The number of fused-ring (bicyclic) bond motifs is 1. The summed E-state index contributed by atoms with van der Waals surface area (Å²) in [6, 6.07) is 2.03. The van der Waals surface area contributed by atoms with Crippen LogP contribution in [0.2, 0.25) is 0 Å². The Labute approximate surface area is 188 Å². The van der Waals surface area contributed by atoms with Gasteiger partial charge in [0.15, 0.2) is 5.82 Å². The number of halogens is 1. The van der Waals surface area contributed by atoms with E-state index in [0.717, 1.165) is 24.8 Å². The fraction of sp³-hybridized carbons (Fsp3) is 0.476. The lowest BCUT2D eigenvalue weighted by molar-refractivity contribution is 0.366. The average Bonchev–Trinajstić information content (AvgIpc) is 3.49. The molecule has 0 saturated heterocycles. The number of aliphatic imine (C=N–C) groups is 1. The van der Waals surface area contributed by atoms with E-state index in [4.69, 9.17) is 16.1 Å². The molecule has 4 heterocycles. The number of unbranched alkanes of at least 4 members (excludes halogenated alkanes) is 2. The zero-order valence-corrected chi connectivity index (χ0v) is 18.9. The molecule has 0 atom stereocenters. The maximum Gasteiger partial charge on any atom is 0.332 e. The van der Waals surface area contributed by atoms with Crippen LogP contribution in [0, 0.1) is 0 Å². The number of aryl methyl sites for hydroxylation is 1. The number of nitrogens with zero attached hydrogens (tertiary/aromatic N) is 5. The van der Waals surface area contributed by atoms with E-state index >= 15 is 0 Å². The minimum Gasteiger partial charge on any atom is -0.339 e. The minimum absolute atomic E-state index is 0.276. The average molecular weight is 462 g/mol. The smallest absolute Gasteiger partial charge is 0.332 e. The molecule has 164 valence electrons. The summed E-state index contributed by atoms with van der Waals surface area (Å²) in [4.78, 5) is 34.6. The number of hydrogen-bond acceptors (Lipinski definition) is 7. The van der Waals surface area contributed by atoms with Crippen LogP contribution < -0.4 is 11.2 Å². The topological polar surface area (TPSA) is 95.3 Å². The van der Waals surface area contributed by atoms with Crippen molar-refractivity contribution in [3.05, 3.63) is 60.5 Å². The molecule has 3 aromatic rings. The summed E-state index contributed by atoms with van der Waals surface area (Å²) >= 11 is 7.71. The van der Waals surface area contributed by atoms with Gasteiger partial charge in [-0.05, 0) is 35.2 Å². The quantitative estimate of drug-likeness (QED) is 0.429. The second-order valence-corrected chi connectivity index (χ2v) is 8.80. The Hall–Kier alpha value is -2.52. The third-order valence-corrected chi connectivity index (χ3v) is 6.20. The maximum atomic E-state index is 13.0. The van der Waals surface area contributed by atoms with E-state index in [0.29, 0.717) is 54.1 Å². The van der Waals surface area contributed by atoms with E-state index in [1.54, 1.807) is 15.9 Å². The van der Waals surface area contributed by atoms with Crippen molar-refractivity contribution in [3.63, 3.8) is 0 Å². The van der Waals surface area contributed by atoms with Gasteiger partial charge in [0, 0.05) is 32.4 Å². The highest BCUT2D eigenvalue weighted by atomic mass is 35.5. The van der Waals surface area contributed by atoms with Gasteiger partial charge < -0.3 is 4.52 Å². The van der Waals surface area contributed by atoms with Crippen molar-refractivity contribution in [2.45, 2.75) is 65.0 Å². The van der Waals surface area contributed by atoms with Crippen LogP contribution in [0.3, 0.4) is 0 Å². The molecule has 31 heavy (non-hydrogen) atoms.